The number of anilines is 1. The van der Waals surface area contributed by atoms with Crippen molar-refractivity contribution in [2.45, 2.75) is 44.8 Å². The summed E-state index contributed by atoms with van der Waals surface area (Å²) in [4.78, 5) is 30.1. The summed E-state index contributed by atoms with van der Waals surface area (Å²) in [5.41, 5.74) is 6.54. The van der Waals surface area contributed by atoms with Crippen molar-refractivity contribution in [3.8, 4) is 0 Å². The van der Waals surface area contributed by atoms with Crippen LogP contribution >= 0.6 is 0 Å². The topological polar surface area (TPSA) is 69.0 Å². The second-order valence-electron chi connectivity index (χ2n) is 11.2. The maximum absolute atomic E-state index is 13.0. The fourth-order valence-corrected chi connectivity index (χ4v) is 6.16. The van der Waals surface area contributed by atoms with Crippen LogP contribution in [-0.4, -0.2) is 70.4 Å². The van der Waals surface area contributed by atoms with Gasteiger partial charge in [0.15, 0.2) is 0 Å². The van der Waals surface area contributed by atoms with Crippen molar-refractivity contribution in [2.75, 3.05) is 45.2 Å². The van der Waals surface area contributed by atoms with Gasteiger partial charge in [-0.25, -0.2) is 4.98 Å². The second kappa shape index (κ2) is 11.8. The number of hydrogen-bond acceptors (Lipinski definition) is 6. The van der Waals surface area contributed by atoms with Gasteiger partial charge in [0.25, 0.3) is 0 Å². The van der Waals surface area contributed by atoms with E-state index in [0.717, 1.165) is 73.9 Å². The molecular weight excluding hydrogens is 498 g/mol. The lowest BCUT2D eigenvalue weighted by atomic mass is 9.91. The molecule has 4 aromatic rings. The Hall–Kier alpha value is -3.75. The molecule has 0 bridgehead atoms. The lowest BCUT2D eigenvalue weighted by Gasteiger charge is -2.34. The van der Waals surface area contributed by atoms with Gasteiger partial charge in [0.2, 0.25) is 5.91 Å². The number of rotatable bonds is 8. The largest absolute Gasteiger partial charge is 0.355 e. The Morgan fingerprint density at radius 2 is 1.85 bits per heavy atom. The number of likely N-dealkylation sites (N-methyl/N-ethyl adjacent to an activating group) is 1. The number of pyridine rings is 2. The highest BCUT2D eigenvalue weighted by Gasteiger charge is 2.27. The molecule has 1 aliphatic heterocycles. The number of nitrogens with one attached hydrogen (secondary N) is 1. The number of fused-ring (bicyclic) bond motifs is 2. The second-order valence-corrected chi connectivity index (χ2v) is 11.2. The third-order valence-corrected chi connectivity index (χ3v) is 8.39. The molecule has 1 saturated heterocycles. The van der Waals surface area contributed by atoms with Crippen LogP contribution in [0.2, 0.25) is 0 Å². The molecule has 6 rings (SSSR count). The van der Waals surface area contributed by atoms with Crippen LogP contribution in [-0.2, 0) is 30.7 Å². The van der Waals surface area contributed by atoms with E-state index >= 15 is 0 Å². The van der Waals surface area contributed by atoms with Crippen molar-refractivity contribution < 1.29 is 4.79 Å². The lowest BCUT2D eigenvalue weighted by Crippen LogP contribution is -2.45. The van der Waals surface area contributed by atoms with Gasteiger partial charge in [0.05, 0.1) is 36.1 Å². The summed E-state index contributed by atoms with van der Waals surface area (Å²) in [5, 5.41) is 3.21. The van der Waals surface area contributed by atoms with E-state index in [1.54, 1.807) is 0 Å². The molecule has 40 heavy (non-hydrogen) atoms. The molecule has 0 unspecified atom stereocenters. The molecule has 2 aliphatic rings. The number of nitrogens with zero attached hydrogens (tertiary/aromatic N) is 6. The summed E-state index contributed by atoms with van der Waals surface area (Å²) < 4.78 is 2.27. The van der Waals surface area contributed by atoms with E-state index in [0.29, 0.717) is 19.5 Å². The first-order chi connectivity index (χ1) is 19.6. The van der Waals surface area contributed by atoms with E-state index in [1.165, 1.54) is 11.3 Å². The number of imidazole rings is 1. The molecule has 0 spiro atoms. The van der Waals surface area contributed by atoms with Crippen LogP contribution in [0, 0.1) is 0 Å². The van der Waals surface area contributed by atoms with Gasteiger partial charge in [0.1, 0.15) is 11.5 Å². The average molecular weight is 538 g/mol. The van der Waals surface area contributed by atoms with Crippen molar-refractivity contribution in [3.63, 3.8) is 0 Å². The number of benzene rings is 1. The number of aromatic nitrogens is 3. The van der Waals surface area contributed by atoms with E-state index in [-0.39, 0.29) is 11.9 Å². The molecule has 1 N–H and O–H groups in total. The molecule has 3 aromatic heterocycles. The van der Waals surface area contributed by atoms with Crippen LogP contribution in [0.1, 0.15) is 47.1 Å². The van der Waals surface area contributed by atoms with Crippen LogP contribution in [0.5, 0.6) is 0 Å². The first-order valence-corrected chi connectivity index (χ1v) is 14.4. The van der Waals surface area contributed by atoms with Crippen molar-refractivity contribution in [2.24, 2.45) is 0 Å². The molecule has 8 heteroatoms. The third kappa shape index (κ3) is 5.60. The minimum Gasteiger partial charge on any atom is -0.355 e. The zero-order valence-electron chi connectivity index (χ0n) is 23.6. The Kier molecular flexibility index (Phi) is 7.80. The molecule has 208 valence electrons. The van der Waals surface area contributed by atoms with Crippen LogP contribution < -0.4 is 10.2 Å². The molecule has 0 radical (unpaired) electrons. The first kappa shape index (κ1) is 26.5. The summed E-state index contributed by atoms with van der Waals surface area (Å²) in [6.45, 7) is 5.10. The minimum atomic E-state index is 0.0166. The van der Waals surface area contributed by atoms with Crippen LogP contribution in [0.25, 0.3) is 5.65 Å². The molecule has 0 saturated carbocycles. The highest BCUT2D eigenvalue weighted by atomic mass is 16.1. The zero-order chi connectivity index (χ0) is 27.5. The zero-order valence-corrected chi connectivity index (χ0v) is 23.6. The van der Waals surface area contributed by atoms with Crippen molar-refractivity contribution in [3.05, 3.63) is 95.1 Å². The minimum absolute atomic E-state index is 0.0166. The Labute approximate surface area is 236 Å². The van der Waals surface area contributed by atoms with E-state index < -0.39 is 0 Å². The average Bonchev–Trinajstić information content (AvgIpc) is 3.33. The fraction of sp³-hybridized carbons (Fsp3) is 0.406. The maximum atomic E-state index is 13.0. The van der Waals surface area contributed by atoms with Crippen LogP contribution in [0.15, 0.2) is 66.9 Å². The van der Waals surface area contributed by atoms with Gasteiger partial charge >= 0.3 is 0 Å². The standard InChI is InChI=1S/C32H39N7O/c1-36-17-19-38(20-18-36)31-15-7-14-29-35-26(23-37(2)27-13-6-11-25-12-8-16-33-32(25)27)28(39(29)31)22-34-30(40)21-24-9-4-3-5-10-24/h3-5,7-10,12,14-16,27H,6,11,13,17-23H2,1-2H3,(H,34,40)/t27-/m0/s1. The van der Waals surface area contributed by atoms with Gasteiger partial charge in [0, 0.05) is 38.9 Å². The smallest absolute Gasteiger partial charge is 0.224 e. The number of aryl methyl sites for hydroxylation is 1. The summed E-state index contributed by atoms with van der Waals surface area (Å²) in [5.74, 6) is 1.16. The van der Waals surface area contributed by atoms with Gasteiger partial charge < -0.3 is 15.1 Å². The Morgan fingerprint density at radius 3 is 2.67 bits per heavy atom. The quantitative estimate of drug-likeness (QED) is 0.368. The molecule has 8 nitrogen and oxygen atoms in total. The summed E-state index contributed by atoms with van der Waals surface area (Å²) >= 11 is 0. The molecular formula is C32H39N7O. The van der Waals surface area contributed by atoms with E-state index in [9.17, 15) is 4.79 Å². The van der Waals surface area contributed by atoms with Gasteiger partial charge in [-0.3, -0.25) is 19.1 Å². The molecule has 1 fully saturated rings. The predicted octanol–water partition coefficient (Wildman–Crippen LogP) is 3.85. The van der Waals surface area contributed by atoms with E-state index in [2.05, 4.69) is 62.8 Å². The van der Waals surface area contributed by atoms with Crippen molar-refractivity contribution >= 4 is 17.4 Å². The Bertz CT molecular complexity index is 1460. The Morgan fingerprint density at radius 1 is 1.02 bits per heavy atom. The van der Waals surface area contributed by atoms with Crippen molar-refractivity contribution in [1.29, 1.82) is 0 Å². The first-order valence-electron chi connectivity index (χ1n) is 14.4. The summed E-state index contributed by atoms with van der Waals surface area (Å²) in [6.07, 6.45) is 5.61. The lowest BCUT2D eigenvalue weighted by molar-refractivity contribution is -0.120. The Balaban J connectivity index is 1.31. The van der Waals surface area contributed by atoms with Gasteiger partial charge in [-0.05, 0) is 62.7 Å². The molecule has 4 heterocycles. The van der Waals surface area contributed by atoms with Crippen LogP contribution in [0.3, 0.4) is 0 Å². The maximum Gasteiger partial charge on any atom is 0.224 e. The predicted molar refractivity (Wildman–Crippen MR) is 158 cm³/mol. The molecule has 1 aliphatic carbocycles. The molecule has 1 aromatic carbocycles. The van der Waals surface area contributed by atoms with Gasteiger partial charge in [-0.15, -0.1) is 0 Å². The monoisotopic (exact) mass is 537 g/mol. The highest BCUT2D eigenvalue weighted by Crippen LogP contribution is 2.33. The fourth-order valence-electron chi connectivity index (χ4n) is 6.16. The number of hydrogen-bond donors (Lipinski definition) is 1. The molecule has 1 atom stereocenters. The van der Waals surface area contributed by atoms with Crippen molar-refractivity contribution in [1.82, 2.24) is 29.5 Å². The summed E-state index contributed by atoms with van der Waals surface area (Å²) in [6, 6.07) is 20.8. The SMILES string of the molecule is CN1CCN(c2cccc3nc(CN(C)[C@H]4CCCc5cccnc54)c(CNC(=O)Cc4ccccc4)n23)CC1. The van der Waals surface area contributed by atoms with Gasteiger partial charge in [-0.1, -0.05) is 42.5 Å². The normalized spacial score (nSPS) is 17.8. The van der Waals surface area contributed by atoms with E-state index in [1.807, 2.05) is 42.6 Å². The highest BCUT2D eigenvalue weighted by molar-refractivity contribution is 5.78. The number of carbonyl (C=O) groups is 1. The van der Waals surface area contributed by atoms with Crippen LogP contribution in [0.4, 0.5) is 5.82 Å². The molecule has 1 amide bonds. The van der Waals surface area contributed by atoms with Gasteiger partial charge in [-0.2, -0.15) is 0 Å². The van der Waals surface area contributed by atoms with E-state index in [4.69, 9.17) is 9.97 Å². The third-order valence-electron chi connectivity index (χ3n) is 8.39. The summed E-state index contributed by atoms with van der Waals surface area (Å²) in [7, 11) is 4.35. The number of amides is 1. The number of piperazine rings is 1. The number of carbonyl (C=O) groups excluding carboxylic acids is 1.